The second-order valence-electron chi connectivity index (χ2n) is 6.96. The highest BCUT2D eigenvalue weighted by molar-refractivity contribution is 4.84. The van der Waals surface area contributed by atoms with E-state index in [4.69, 9.17) is 0 Å². The Morgan fingerprint density at radius 3 is 2.30 bits per heavy atom. The first-order valence-corrected chi connectivity index (χ1v) is 8.91. The molecule has 3 nitrogen and oxygen atoms in total. The quantitative estimate of drug-likeness (QED) is 0.807. The van der Waals surface area contributed by atoms with Crippen LogP contribution in [0.25, 0.3) is 0 Å². The zero-order valence-corrected chi connectivity index (χ0v) is 13.9. The van der Waals surface area contributed by atoms with Crippen LogP contribution in [0.3, 0.4) is 0 Å². The van der Waals surface area contributed by atoms with Gasteiger partial charge in [0.15, 0.2) is 0 Å². The third-order valence-corrected chi connectivity index (χ3v) is 5.32. The zero-order chi connectivity index (χ0) is 14.4. The van der Waals surface area contributed by atoms with Gasteiger partial charge in [0.1, 0.15) is 0 Å². The third kappa shape index (κ3) is 4.71. The van der Waals surface area contributed by atoms with Crippen molar-refractivity contribution in [2.75, 3.05) is 45.8 Å². The molecule has 0 aromatic heterocycles. The van der Waals surface area contributed by atoms with Gasteiger partial charge in [-0.15, -0.1) is 0 Å². The molecule has 118 valence electrons. The first kappa shape index (κ1) is 16.3. The molecule has 0 spiro atoms. The average Bonchev–Trinajstić information content (AvgIpc) is 2.47. The molecular formula is C17H35N3. The molecule has 2 rings (SSSR count). The Morgan fingerprint density at radius 1 is 1.00 bits per heavy atom. The molecule has 2 fully saturated rings. The Kier molecular flexibility index (Phi) is 6.79. The maximum absolute atomic E-state index is 3.73. The van der Waals surface area contributed by atoms with Gasteiger partial charge in [-0.25, -0.2) is 0 Å². The van der Waals surface area contributed by atoms with E-state index in [0.717, 1.165) is 17.9 Å². The van der Waals surface area contributed by atoms with Gasteiger partial charge in [-0.05, 0) is 70.2 Å². The molecule has 0 radical (unpaired) electrons. The van der Waals surface area contributed by atoms with Crippen LogP contribution in [0.4, 0.5) is 0 Å². The molecule has 0 amide bonds. The Labute approximate surface area is 126 Å². The smallest absolute Gasteiger partial charge is 0.0117 e. The van der Waals surface area contributed by atoms with Crippen molar-refractivity contribution in [3.63, 3.8) is 0 Å². The number of hydrogen-bond acceptors (Lipinski definition) is 3. The summed E-state index contributed by atoms with van der Waals surface area (Å²) in [5, 5.41) is 3.73. The number of likely N-dealkylation sites (tertiary alicyclic amines) is 2. The molecule has 2 aliphatic heterocycles. The van der Waals surface area contributed by atoms with E-state index in [1.54, 1.807) is 0 Å². The molecule has 2 heterocycles. The fourth-order valence-electron chi connectivity index (χ4n) is 3.88. The van der Waals surface area contributed by atoms with E-state index >= 15 is 0 Å². The van der Waals surface area contributed by atoms with Crippen molar-refractivity contribution in [3.05, 3.63) is 0 Å². The van der Waals surface area contributed by atoms with Crippen molar-refractivity contribution in [1.82, 2.24) is 15.1 Å². The fourth-order valence-corrected chi connectivity index (χ4v) is 3.88. The van der Waals surface area contributed by atoms with Gasteiger partial charge in [-0.2, -0.15) is 0 Å². The largest absolute Gasteiger partial charge is 0.314 e. The lowest BCUT2D eigenvalue weighted by atomic mass is 9.91. The lowest BCUT2D eigenvalue weighted by molar-refractivity contribution is 0.102. The van der Waals surface area contributed by atoms with Crippen LogP contribution < -0.4 is 5.32 Å². The molecule has 2 unspecified atom stereocenters. The highest BCUT2D eigenvalue weighted by atomic mass is 15.2. The van der Waals surface area contributed by atoms with Gasteiger partial charge >= 0.3 is 0 Å². The van der Waals surface area contributed by atoms with Crippen molar-refractivity contribution in [3.8, 4) is 0 Å². The molecule has 0 bridgehead atoms. The lowest BCUT2D eigenvalue weighted by Gasteiger charge is -2.40. The molecule has 0 saturated carbocycles. The monoisotopic (exact) mass is 281 g/mol. The zero-order valence-electron chi connectivity index (χ0n) is 13.9. The van der Waals surface area contributed by atoms with Crippen LogP contribution in [0.1, 0.15) is 46.5 Å². The summed E-state index contributed by atoms with van der Waals surface area (Å²) in [6.07, 6.45) is 5.42. The summed E-state index contributed by atoms with van der Waals surface area (Å²) < 4.78 is 0. The second kappa shape index (κ2) is 8.35. The highest BCUT2D eigenvalue weighted by Gasteiger charge is 2.27. The van der Waals surface area contributed by atoms with Gasteiger partial charge in [-0.1, -0.05) is 20.8 Å². The van der Waals surface area contributed by atoms with Gasteiger partial charge in [0, 0.05) is 19.1 Å². The first-order chi connectivity index (χ1) is 9.72. The minimum Gasteiger partial charge on any atom is -0.314 e. The Bertz CT molecular complexity index is 261. The minimum absolute atomic E-state index is 0.758. The maximum Gasteiger partial charge on any atom is 0.0117 e. The van der Waals surface area contributed by atoms with Crippen molar-refractivity contribution in [1.29, 1.82) is 0 Å². The van der Waals surface area contributed by atoms with Crippen LogP contribution in [0.5, 0.6) is 0 Å². The summed E-state index contributed by atoms with van der Waals surface area (Å²) in [7, 11) is 0. The summed E-state index contributed by atoms with van der Waals surface area (Å²) in [5.41, 5.74) is 0. The van der Waals surface area contributed by atoms with Crippen LogP contribution >= 0.6 is 0 Å². The molecule has 0 aliphatic carbocycles. The summed E-state index contributed by atoms with van der Waals surface area (Å²) in [6, 6.07) is 0.758. The molecule has 2 atom stereocenters. The Morgan fingerprint density at radius 2 is 1.70 bits per heavy atom. The molecular weight excluding hydrogens is 246 g/mol. The molecule has 2 saturated heterocycles. The summed E-state index contributed by atoms with van der Waals surface area (Å²) >= 11 is 0. The number of piperidine rings is 2. The van der Waals surface area contributed by atoms with E-state index in [-0.39, 0.29) is 0 Å². The predicted molar refractivity (Wildman–Crippen MR) is 87.1 cm³/mol. The van der Waals surface area contributed by atoms with E-state index in [9.17, 15) is 0 Å². The van der Waals surface area contributed by atoms with E-state index in [2.05, 4.69) is 35.9 Å². The van der Waals surface area contributed by atoms with E-state index in [0.29, 0.717) is 0 Å². The topological polar surface area (TPSA) is 18.5 Å². The van der Waals surface area contributed by atoms with Gasteiger partial charge in [0.25, 0.3) is 0 Å². The molecule has 2 aliphatic rings. The highest BCUT2D eigenvalue weighted by Crippen LogP contribution is 2.22. The van der Waals surface area contributed by atoms with E-state index in [1.807, 2.05) is 0 Å². The standard InChI is InChI=1S/C17H35N3/c1-4-9-18-17-8-12-20(13-15(17)3)14-16-6-10-19(5-2)11-7-16/h15-18H,4-14H2,1-3H3. The maximum atomic E-state index is 3.73. The van der Waals surface area contributed by atoms with Crippen LogP contribution in [0.15, 0.2) is 0 Å². The molecule has 20 heavy (non-hydrogen) atoms. The number of hydrogen-bond donors (Lipinski definition) is 1. The normalized spacial score (nSPS) is 30.8. The van der Waals surface area contributed by atoms with Crippen LogP contribution in [-0.2, 0) is 0 Å². The van der Waals surface area contributed by atoms with Crippen molar-refractivity contribution >= 4 is 0 Å². The van der Waals surface area contributed by atoms with E-state index in [1.165, 1.54) is 71.5 Å². The molecule has 0 aromatic carbocycles. The van der Waals surface area contributed by atoms with Gasteiger partial charge in [0.2, 0.25) is 0 Å². The van der Waals surface area contributed by atoms with Gasteiger partial charge in [0.05, 0.1) is 0 Å². The summed E-state index contributed by atoms with van der Waals surface area (Å²) in [6.45, 7) is 16.0. The first-order valence-electron chi connectivity index (χ1n) is 8.91. The van der Waals surface area contributed by atoms with Crippen LogP contribution in [0.2, 0.25) is 0 Å². The molecule has 1 N–H and O–H groups in total. The van der Waals surface area contributed by atoms with Crippen molar-refractivity contribution in [2.45, 2.75) is 52.5 Å². The minimum atomic E-state index is 0.758. The number of rotatable bonds is 6. The molecule has 0 aromatic rings. The fraction of sp³-hybridized carbons (Fsp3) is 1.00. The second-order valence-corrected chi connectivity index (χ2v) is 6.96. The summed E-state index contributed by atoms with van der Waals surface area (Å²) in [4.78, 5) is 5.33. The molecule has 3 heteroatoms. The summed E-state index contributed by atoms with van der Waals surface area (Å²) in [5.74, 6) is 1.76. The SMILES string of the molecule is CCCNC1CCN(CC2CCN(CC)CC2)CC1C. The Hall–Kier alpha value is -0.120. The number of nitrogens with zero attached hydrogens (tertiary/aromatic N) is 2. The van der Waals surface area contributed by atoms with Gasteiger partial charge in [-0.3, -0.25) is 0 Å². The lowest BCUT2D eigenvalue weighted by Crippen LogP contribution is -2.50. The average molecular weight is 281 g/mol. The van der Waals surface area contributed by atoms with E-state index < -0.39 is 0 Å². The van der Waals surface area contributed by atoms with Gasteiger partial charge < -0.3 is 15.1 Å². The Balaban J connectivity index is 1.68. The van der Waals surface area contributed by atoms with Crippen molar-refractivity contribution < 1.29 is 0 Å². The predicted octanol–water partition coefficient (Wildman–Crippen LogP) is 2.43. The van der Waals surface area contributed by atoms with Crippen molar-refractivity contribution in [2.24, 2.45) is 11.8 Å². The van der Waals surface area contributed by atoms with Crippen LogP contribution in [-0.4, -0.2) is 61.7 Å². The van der Waals surface area contributed by atoms with Crippen LogP contribution in [0, 0.1) is 11.8 Å². The third-order valence-electron chi connectivity index (χ3n) is 5.32. The number of nitrogens with one attached hydrogen (secondary N) is 1.